The van der Waals surface area contributed by atoms with Crippen LogP contribution in [0, 0.1) is 35.0 Å². The molecule has 4 bridgehead atoms. The summed E-state index contributed by atoms with van der Waals surface area (Å²) in [5, 5.41) is 0. The van der Waals surface area contributed by atoms with Crippen molar-refractivity contribution in [1.29, 1.82) is 0 Å². The fourth-order valence-electron chi connectivity index (χ4n) is 5.62. The predicted octanol–water partition coefficient (Wildman–Crippen LogP) is 1.93. The summed E-state index contributed by atoms with van der Waals surface area (Å²) in [5.41, 5.74) is 5.93. The second kappa shape index (κ2) is 2.41. The van der Waals surface area contributed by atoms with Gasteiger partial charge in [0.2, 0.25) is 5.91 Å². The highest BCUT2D eigenvalue weighted by molar-refractivity contribution is 5.81. The van der Waals surface area contributed by atoms with Crippen LogP contribution in [-0.4, -0.2) is 5.91 Å². The van der Waals surface area contributed by atoms with Gasteiger partial charge < -0.3 is 5.73 Å². The lowest BCUT2D eigenvalue weighted by Crippen LogP contribution is -2.48. The Balaban J connectivity index is 1.70. The normalized spacial score (nSPS) is 59.9. The summed E-state index contributed by atoms with van der Waals surface area (Å²) in [7, 11) is 0. The molecule has 82 valence electrons. The Morgan fingerprint density at radius 3 is 1.93 bits per heavy atom. The van der Waals surface area contributed by atoms with E-state index in [0.717, 1.165) is 30.1 Å². The molecule has 0 aromatic rings. The first-order valence-electron chi connectivity index (χ1n) is 6.49. The van der Waals surface area contributed by atoms with Gasteiger partial charge in [0.15, 0.2) is 0 Å². The van der Waals surface area contributed by atoms with Crippen LogP contribution in [0.4, 0.5) is 0 Å². The van der Waals surface area contributed by atoms with Gasteiger partial charge in [-0.3, -0.25) is 4.79 Å². The highest BCUT2D eigenvalue weighted by atomic mass is 16.1. The molecule has 0 saturated heterocycles. The number of primary amides is 1. The van der Waals surface area contributed by atoms with Crippen molar-refractivity contribution >= 4 is 5.91 Å². The smallest absolute Gasteiger partial charge is 0.221 e. The van der Waals surface area contributed by atoms with Gasteiger partial charge in [-0.05, 0) is 67.6 Å². The van der Waals surface area contributed by atoms with Crippen LogP contribution in [0.25, 0.3) is 0 Å². The summed E-state index contributed by atoms with van der Waals surface area (Å²) in [5.74, 6) is 3.99. The van der Waals surface area contributed by atoms with Crippen LogP contribution in [0.2, 0.25) is 0 Å². The minimum Gasteiger partial charge on any atom is -0.369 e. The van der Waals surface area contributed by atoms with Gasteiger partial charge in [0.1, 0.15) is 0 Å². The minimum absolute atomic E-state index is 0.0116. The molecular formula is C13H19NO. The first-order chi connectivity index (χ1) is 7.20. The number of rotatable bonds is 1. The van der Waals surface area contributed by atoms with E-state index in [1.807, 2.05) is 0 Å². The van der Waals surface area contributed by atoms with Gasteiger partial charge in [0.05, 0.1) is 0 Å². The van der Waals surface area contributed by atoms with Crippen molar-refractivity contribution in [2.75, 3.05) is 0 Å². The Hall–Kier alpha value is -0.530. The molecular weight excluding hydrogens is 186 g/mol. The Morgan fingerprint density at radius 2 is 1.53 bits per heavy atom. The lowest BCUT2D eigenvalue weighted by Gasteiger charge is -2.55. The van der Waals surface area contributed by atoms with Crippen molar-refractivity contribution in [2.45, 2.75) is 38.5 Å². The molecule has 0 aliphatic heterocycles. The highest BCUT2D eigenvalue weighted by Gasteiger charge is 2.70. The van der Waals surface area contributed by atoms with Crippen LogP contribution < -0.4 is 5.73 Å². The molecule has 1 atom stereocenters. The number of hydrogen-bond donors (Lipinski definition) is 1. The standard InChI is InChI=1S/C13H19NO/c14-12(15)11-6-13(11)9-2-7-1-8(4-9)5-10(13)3-7/h7-11H,1-6H2,(H2,14,15)/t7?,8?,9?,10?,11-,13?/m1/s1. The average molecular weight is 205 g/mol. The van der Waals surface area contributed by atoms with Crippen LogP contribution >= 0.6 is 0 Å². The first-order valence-corrected chi connectivity index (χ1v) is 6.49. The SMILES string of the molecule is NC(=O)[C@H]1CC12C1CC3CC(C1)CC2C3. The Kier molecular flexibility index (Phi) is 1.38. The molecule has 2 nitrogen and oxygen atoms in total. The molecule has 5 saturated carbocycles. The third kappa shape index (κ3) is 0.896. The molecule has 5 fully saturated rings. The van der Waals surface area contributed by atoms with E-state index in [0.29, 0.717) is 5.41 Å². The molecule has 0 aromatic heterocycles. The quantitative estimate of drug-likeness (QED) is 0.698. The molecule has 15 heavy (non-hydrogen) atoms. The Labute approximate surface area is 90.6 Å². The summed E-state index contributed by atoms with van der Waals surface area (Å²) < 4.78 is 0. The van der Waals surface area contributed by atoms with Crippen molar-refractivity contribution < 1.29 is 4.79 Å². The predicted molar refractivity (Wildman–Crippen MR) is 56.8 cm³/mol. The molecule has 0 aromatic carbocycles. The van der Waals surface area contributed by atoms with E-state index in [1.165, 1.54) is 32.1 Å². The lowest BCUT2D eigenvalue weighted by molar-refractivity contribution is -0.123. The van der Waals surface area contributed by atoms with Gasteiger partial charge in [-0.1, -0.05) is 0 Å². The van der Waals surface area contributed by atoms with Crippen LogP contribution in [0.5, 0.6) is 0 Å². The summed E-state index contributed by atoms with van der Waals surface area (Å²) in [6, 6.07) is 0. The van der Waals surface area contributed by atoms with Crippen LogP contribution in [0.3, 0.4) is 0 Å². The van der Waals surface area contributed by atoms with E-state index in [4.69, 9.17) is 5.73 Å². The average Bonchev–Trinajstić information content (AvgIpc) is 2.89. The third-order valence-corrected chi connectivity index (χ3v) is 6.05. The van der Waals surface area contributed by atoms with Gasteiger partial charge in [-0.15, -0.1) is 0 Å². The number of hydrogen-bond acceptors (Lipinski definition) is 1. The minimum atomic E-state index is -0.0116. The van der Waals surface area contributed by atoms with Crippen molar-refractivity contribution in [3.8, 4) is 0 Å². The largest absolute Gasteiger partial charge is 0.369 e. The molecule has 5 aliphatic rings. The van der Waals surface area contributed by atoms with E-state index in [-0.39, 0.29) is 11.8 Å². The maximum Gasteiger partial charge on any atom is 0.221 e. The monoisotopic (exact) mass is 205 g/mol. The second-order valence-electron chi connectivity index (χ2n) is 6.58. The van der Waals surface area contributed by atoms with Crippen molar-refractivity contribution in [2.24, 2.45) is 40.7 Å². The van der Waals surface area contributed by atoms with Crippen LogP contribution in [-0.2, 0) is 4.79 Å². The Bertz CT molecular complexity index is 307. The van der Waals surface area contributed by atoms with Gasteiger partial charge in [-0.2, -0.15) is 0 Å². The maximum absolute atomic E-state index is 11.4. The molecule has 2 heteroatoms. The zero-order valence-corrected chi connectivity index (χ0v) is 9.11. The van der Waals surface area contributed by atoms with Gasteiger partial charge >= 0.3 is 0 Å². The van der Waals surface area contributed by atoms with E-state index in [9.17, 15) is 4.79 Å². The fourth-order valence-corrected chi connectivity index (χ4v) is 5.62. The van der Waals surface area contributed by atoms with Crippen molar-refractivity contribution in [3.63, 3.8) is 0 Å². The summed E-state index contributed by atoms with van der Waals surface area (Å²) in [6.45, 7) is 0. The van der Waals surface area contributed by atoms with Crippen LogP contribution in [0.1, 0.15) is 38.5 Å². The zero-order valence-electron chi connectivity index (χ0n) is 9.11. The molecule has 1 spiro atoms. The molecule has 5 aliphatic carbocycles. The number of carbonyl (C=O) groups is 1. The van der Waals surface area contributed by atoms with Gasteiger partial charge in [0, 0.05) is 5.92 Å². The third-order valence-electron chi connectivity index (χ3n) is 6.05. The molecule has 0 heterocycles. The molecule has 1 amide bonds. The van der Waals surface area contributed by atoms with Gasteiger partial charge in [-0.25, -0.2) is 0 Å². The Morgan fingerprint density at radius 1 is 1.00 bits per heavy atom. The molecule has 0 radical (unpaired) electrons. The lowest BCUT2D eigenvalue weighted by atomic mass is 9.49. The van der Waals surface area contributed by atoms with E-state index in [1.54, 1.807) is 0 Å². The zero-order chi connectivity index (χ0) is 10.2. The second-order valence-corrected chi connectivity index (χ2v) is 6.58. The highest BCUT2D eigenvalue weighted by Crippen LogP contribution is 2.74. The van der Waals surface area contributed by atoms with Gasteiger partial charge in [0.25, 0.3) is 0 Å². The molecule has 5 rings (SSSR count). The summed E-state index contributed by atoms with van der Waals surface area (Å²) in [6.07, 6.45) is 8.28. The summed E-state index contributed by atoms with van der Waals surface area (Å²) >= 11 is 0. The van der Waals surface area contributed by atoms with E-state index < -0.39 is 0 Å². The number of carbonyl (C=O) groups excluding carboxylic acids is 1. The first kappa shape index (κ1) is 8.60. The van der Waals surface area contributed by atoms with E-state index in [2.05, 4.69) is 0 Å². The van der Waals surface area contributed by atoms with E-state index >= 15 is 0 Å². The maximum atomic E-state index is 11.4. The topological polar surface area (TPSA) is 43.1 Å². The number of nitrogens with two attached hydrogens (primary N) is 1. The fraction of sp³-hybridized carbons (Fsp3) is 0.923. The van der Waals surface area contributed by atoms with Crippen molar-refractivity contribution in [1.82, 2.24) is 0 Å². The molecule has 0 unspecified atom stereocenters. The van der Waals surface area contributed by atoms with Crippen molar-refractivity contribution in [3.05, 3.63) is 0 Å². The summed E-state index contributed by atoms with van der Waals surface area (Å²) in [4.78, 5) is 11.4. The van der Waals surface area contributed by atoms with Crippen LogP contribution in [0.15, 0.2) is 0 Å². The molecule has 2 N–H and O–H groups in total. The number of amides is 1.